The standard InChI is InChI=1S/C16H12BrF4N5O/c1-7-12(17)15(25(2)24-7)16(27)23-8-4-22-26(5-8)6-9-10(18)3-11(19)14(21)13(9)20/h3-5H,6H2,1-2H3,(H,23,27). The van der Waals surface area contributed by atoms with Crippen molar-refractivity contribution in [3.63, 3.8) is 0 Å². The number of benzene rings is 1. The molecule has 0 saturated heterocycles. The van der Waals surface area contributed by atoms with E-state index in [1.54, 1.807) is 14.0 Å². The molecule has 0 aliphatic heterocycles. The van der Waals surface area contributed by atoms with Crippen molar-refractivity contribution in [1.29, 1.82) is 0 Å². The number of rotatable bonds is 4. The van der Waals surface area contributed by atoms with Crippen LogP contribution in [0.15, 0.2) is 22.9 Å². The Morgan fingerprint density at radius 2 is 1.93 bits per heavy atom. The number of amides is 1. The van der Waals surface area contributed by atoms with Gasteiger partial charge in [0.25, 0.3) is 5.91 Å². The molecule has 0 radical (unpaired) electrons. The lowest BCUT2D eigenvalue weighted by Crippen LogP contribution is -2.16. The van der Waals surface area contributed by atoms with Crippen molar-refractivity contribution in [3.8, 4) is 0 Å². The summed E-state index contributed by atoms with van der Waals surface area (Å²) in [5.41, 5.74) is 0.467. The third-order valence-electron chi connectivity index (χ3n) is 3.78. The second-order valence-electron chi connectivity index (χ2n) is 5.70. The van der Waals surface area contributed by atoms with Gasteiger partial charge in [-0.15, -0.1) is 0 Å². The molecular weight excluding hydrogens is 434 g/mol. The van der Waals surface area contributed by atoms with Crippen molar-refractivity contribution in [3.05, 3.63) is 63.2 Å². The molecule has 0 saturated carbocycles. The van der Waals surface area contributed by atoms with E-state index in [2.05, 4.69) is 31.4 Å². The van der Waals surface area contributed by atoms with Gasteiger partial charge in [0.05, 0.1) is 28.6 Å². The van der Waals surface area contributed by atoms with Crippen LogP contribution in [0.2, 0.25) is 0 Å². The fourth-order valence-corrected chi connectivity index (χ4v) is 3.01. The first-order chi connectivity index (χ1) is 12.7. The number of nitrogens with one attached hydrogen (secondary N) is 1. The first-order valence-electron chi connectivity index (χ1n) is 7.53. The monoisotopic (exact) mass is 445 g/mol. The molecule has 1 aromatic carbocycles. The second-order valence-corrected chi connectivity index (χ2v) is 6.49. The summed E-state index contributed by atoms with van der Waals surface area (Å²) in [5.74, 6) is -6.71. The number of aryl methyl sites for hydroxylation is 2. The number of nitrogens with zero attached hydrogens (tertiary/aromatic N) is 4. The SMILES string of the molecule is Cc1nn(C)c(C(=O)Nc2cnn(Cc3c(F)cc(F)c(F)c3F)c2)c1Br. The minimum absolute atomic E-state index is 0.245. The van der Waals surface area contributed by atoms with E-state index in [4.69, 9.17) is 0 Å². The average Bonchev–Trinajstić information content (AvgIpc) is 3.13. The minimum atomic E-state index is -1.76. The molecule has 0 aliphatic rings. The van der Waals surface area contributed by atoms with Gasteiger partial charge >= 0.3 is 0 Å². The molecule has 0 unspecified atom stereocenters. The van der Waals surface area contributed by atoms with Gasteiger partial charge in [-0.25, -0.2) is 17.6 Å². The van der Waals surface area contributed by atoms with Crippen LogP contribution in [0.3, 0.4) is 0 Å². The van der Waals surface area contributed by atoms with Crippen molar-refractivity contribution in [2.24, 2.45) is 7.05 Å². The molecule has 2 aromatic heterocycles. The van der Waals surface area contributed by atoms with Crippen LogP contribution < -0.4 is 5.32 Å². The van der Waals surface area contributed by atoms with Gasteiger partial charge in [0.1, 0.15) is 11.5 Å². The van der Waals surface area contributed by atoms with Gasteiger partial charge in [-0.05, 0) is 22.9 Å². The van der Waals surface area contributed by atoms with E-state index in [1.165, 1.54) is 17.1 Å². The molecule has 0 atom stereocenters. The number of carbonyl (C=O) groups is 1. The third-order valence-corrected chi connectivity index (χ3v) is 4.73. The first kappa shape index (κ1) is 19.1. The van der Waals surface area contributed by atoms with Gasteiger partial charge in [0, 0.05) is 24.9 Å². The largest absolute Gasteiger partial charge is 0.318 e. The van der Waals surface area contributed by atoms with Crippen LogP contribution in [0.5, 0.6) is 0 Å². The molecule has 27 heavy (non-hydrogen) atoms. The number of hydrogen-bond donors (Lipinski definition) is 1. The van der Waals surface area contributed by atoms with Crippen LogP contribution in [-0.4, -0.2) is 25.5 Å². The summed E-state index contributed by atoms with van der Waals surface area (Å²) in [7, 11) is 1.60. The van der Waals surface area contributed by atoms with Crippen LogP contribution in [0.25, 0.3) is 0 Å². The summed E-state index contributed by atoms with van der Waals surface area (Å²) in [4.78, 5) is 12.4. The molecule has 0 spiro atoms. The highest BCUT2D eigenvalue weighted by molar-refractivity contribution is 9.10. The maximum Gasteiger partial charge on any atom is 0.275 e. The summed E-state index contributed by atoms with van der Waals surface area (Å²) in [6.07, 6.45) is 2.56. The quantitative estimate of drug-likeness (QED) is 0.379. The van der Waals surface area contributed by atoms with Gasteiger partial charge in [0.2, 0.25) is 0 Å². The Labute approximate surface area is 158 Å². The predicted molar refractivity (Wildman–Crippen MR) is 91.2 cm³/mol. The lowest BCUT2D eigenvalue weighted by molar-refractivity contribution is 0.101. The summed E-state index contributed by atoms with van der Waals surface area (Å²) in [5, 5.41) is 10.5. The van der Waals surface area contributed by atoms with Gasteiger partial charge in [-0.3, -0.25) is 14.2 Å². The molecule has 3 rings (SSSR count). The molecule has 6 nitrogen and oxygen atoms in total. The average molecular weight is 446 g/mol. The zero-order valence-electron chi connectivity index (χ0n) is 14.0. The smallest absolute Gasteiger partial charge is 0.275 e. The maximum atomic E-state index is 13.8. The van der Waals surface area contributed by atoms with Crippen LogP contribution >= 0.6 is 15.9 Å². The van der Waals surface area contributed by atoms with E-state index in [1.807, 2.05) is 0 Å². The molecule has 0 bridgehead atoms. The first-order valence-corrected chi connectivity index (χ1v) is 8.33. The Bertz CT molecular complexity index is 1050. The highest BCUT2D eigenvalue weighted by atomic mass is 79.9. The summed E-state index contributed by atoms with van der Waals surface area (Å²) >= 11 is 3.28. The third kappa shape index (κ3) is 3.59. The van der Waals surface area contributed by atoms with Gasteiger partial charge in [-0.1, -0.05) is 0 Å². The van der Waals surface area contributed by atoms with Crippen molar-refractivity contribution in [1.82, 2.24) is 19.6 Å². The second kappa shape index (κ2) is 7.14. The van der Waals surface area contributed by atoms with Crippen LogP contribution in [0, 0.1) is 30.2 Å². The van der Waals surface area contributed by atoms with Crippen LogP contribution in [-0.2, 0) is 13.6 Å². The van der Waals surface area contributed by atoms with Gasteiger partial charge in [0.15, 0.2) is 17.5 Å². The Kier molecular flexibility index (Phi) is 5.05. The van der Waals surface area contributed by atoms with E-state index in [0.29, 0.717) is 10.2 Å². The summed E-state index contributed by atoms with van der Waals surface area (Å²) in [6.45, 7) is 1.24. The van der Waals surface area contributed by atoms with E-state index in [0.717, 1.165) is 4.68 Å². The molecule has 0 aliphatic carbocycles. The normalized spacial score (nSPS) is 11.1. The topological polar surface area (TPSA) is 64.7 Å². The van der Waals surface area contributed by atoms with Gasteiger partial charge < -0.3 is 5.32 Å². The summed E-state index contributed by atoms with van der Waals surface area (Å²) in [6, 6.07) is 0.266. The van der Waals surface area contributed by atoms with E-state index in [9.17, 15) is 22.4 Å². The van der Waals surface area contributed by atoms with E-state index in [-0.39, 0.29) is 17.4 Å². The van der Waals surface area contributed by atoms with Gasteiger partial charge in [-0.2, -0.15) is 10.2 Å². The molecular formula is C16H12BrF4N5O. The van der Waals surface area contributed by atoms with Crippen molar-refractivity contribution >= 4 is 27.5 Å². The molecule has 2 heterocycles. The molecule has 3 aromatic rings. The zero-order chi connectivity index (χ0) is 19.9. The number of aromatic nitrogens is 4. The summed E-state index contributed by atoms with van der Waals surface area (Å²) < 4.78 is 56.8. The lowest BCUT2D eigenvalue weighted by atomic mass is 10.2. The fraction of sp³-hybridized carbons (Fsp3) is 0.188. The minimum Gasteiger partial charge on any atom is -0.318 e. The highest BCUT2D eigenvalue weighted by Gasteiger charge is 2.21. The molecule has 0 fully saturated rings. The Morgan fingerprint density at radius 1 is 1.22 bits per heavy atom. The van der Waals surface area contributed by atoms with E-state index < -0.39 is 41.3 Å². The zero-order valence-corrected chi connectivity index (χ0v) is 15.6. The molecule has 142 valence electrons. The van der Waals surface area contributed by atoms with Crippen molar-refractivity contribution < 1.29 is 22.4 Å². The Hall–Kier alpha value is -2.69. The lowest BCUT2D eigenvalue weighted by Gasteiger charge is -2.07. The van der Waals surface area contributed by atoms with Crippen LogP contribution in [0.1, 0.15) is 21.7 Å². The number of hydrogen-bond acceptors (Lipinski definition) is 3. The van der Waals surface area contributed by atoms with Crippen LogP contribution in [0.4, 0.5) is 23.2 Å². The Balaban J connectivity index is 1.80. The number of anilines is 1. The fourth-order valence-electron chi connectivity index (χ4n) is 2.49. The van der Waals surface area contributed by atoms with E-state index >= 15 is 0 Å². The Morgan fingerprint density at radius 3 is 2.56 bits per heavy atom. The highest BCUT2D eigenvalue weighted by Crippen LogP contribution is 2.22. The molecule has 1 N–H and O–H groups in total. The number of halogens is 5. The predicted octanol–water partition coefficient (Wildman–Crippen LogP) is 3.54. The maximum absolute atomic E-state index is 13.8. The van der Waals surface area contributed by atoms with Crippen molar-refractivity contribution in [2.45, 2.75) is 13.5 Å². The molecule has 11 heteroatoms. The molecule has 1 amide bonds. The van der Waals surface area contributed by atoms with Crippen molar-refractivity contribution in [2.75, 3.05) is 5.32 Å². The number of carbonyl (C=O) groups excluding carboxylic acids is 1.